The molecule has 73 heavy (non-hydrogen) atoms. The van der Waals surface area contributed by atoms with Gasteiger partial charge in [0.05, 0.1) is 41.5 Å². The summed E-state index contributed by atoms with van der Waals surface area (Å²) in [5.74, 6) is -0.104. The van der Waals surface area contributed by atoms with Gasteiger partial charge in [-0.05, 0) is 98.6 Å². The van der Waals surface area contributed by atoms with Crippen LogP contribution >= 0.6 is 23.2 Å². The number of benzene rings is 4. The molecular formula is C55H61Cl2N11O5. The summed E-state index contributed by atoms with van der Waals surface area (Å²) in [6, 6.07) is 25.0. The highest BCUT2D eigenvalue weighted by Crippen LogP contribution is 2.38. The first kappa shape index (κ1) is 51.1. The molecule has 0 radical (unpaired) electrons. The highest BCUT2D eigenvalue weighted by Gasteiger charge is 2.38. The summed E-state index contributed by atoms with van der Waals surface area (Å²) >= 11 is 13.4. The Bertz CT molecular complexity index is 2980. The van der Waals surface area contributed by atoms with Gasteiger partial charge in [0.25, 0.3) is 11.8 Å². The van der Waals surface area contributed by atoms with E-state index < -0.39 is 12.1 Å². The third-order valence-electron chi connectivity index (χ3n) is 14.6. The van der Waals surface area contributed by atoms with Crippen LogP contribution in [0.4, 0.5) is 17.2 Å². The van der Waals surface area contributed by atoms with Gasteiger partial charge in [0.15, 0.2) is 0 Å². The zero-order valence-electron chi connectivity index (χ0n) is 41.6. The normalized spacial score (nSPS) is 18.1. The quantitative estimate of drug-likeness (QED) is 0.0508. The second kappa shape index (κ2) is 22.6. The van der Waals surface area contributed by atoms with Crippen molar-refractivity contribution in [2.45, 2.75) is 83.2 Å². The average Bonchev–Trinajstić information content (AvgIpc) is 3.96. The zero-order chi connectivity index (χ0) is 51.3. The number of rotatable bonds is 18. The van der Waals surface area contributed by atoms with Crippen molar-refractivity contribution >= 4 is 75.2 Å². The lowest BCUT2D eigenvalue weighted by Crippen LogP contribution is -2.56. The number of likely N-dealkylation sites (N-methyl/N-ethyl adjacent to an activating group) is 2. The molecule has 4 aliphatic rings. The zero-order valence-corrected chi connectivity index (χ0v) is 43.1. The number of piperazine rings is 1. The summed E-state index contributed by atoms with van der Waals surface area (Å²) in [6.45, 7) is 10.7. The molecule has 2 N–H and O–H groups in total. The van der Waals surface area contributed by atoms with Gasteiger partial charge in [-0.2, -0.15) is 15.2 Å². The summed E-state index contributed by atoms with van der Waals surface area (Å²) in [4.78, 5) is 72.6. The maximum absolute atomic E-state index is 14.7. The molecule has 0 spiro atoms. The third-order valence-corrected chi connectivity index (χ3v) is 15.4. The number of fused-ring (bicyclic) bond motifs is 3. The van der Waals surface area contributed by atoms with Crippen LogP contribution in [0.25, 0.3) is 10.8 Å². The number of hydrogen-bond acceptors (Lipinski definition) is 13. The number of hydrazine groups is 1. The van der Waals surface area contributed by atoms with E-state index in [0.717, 1.165) is 75.9 Å². The van der Waals surface area contributed by atoms with Gasteiger partial charge in [-0.15, -0.1) is 0 Å². The Morgan fingerprint density at radius 2 is 1.82 bits per heavy atom. The van der Waals surface area contributed by atoms with E-state index in [1.807, 2.05) is 54.4 Å². The van der Waals surface area contributed by atoms with Gasteiger partial charge < -0.3 is 44.8 Å². The van der Waals surface area contributed by atoms with Gasteiger partial charge in [0.2, 0.25) is 5.91 Å². The van der Waals surface area contributed by atoms with Crippen molar-refractivity contribution in [1.82, 2.24) is 35.0 Å². The van der Waals surface area contributed by atoms with Crippen LogP contribution < -0.4 is 25.3 Å². The molecule has 0 bridgehead atoms. The minimum Gasteiger partial charge on any atom is -0.462 e. The molecule has 5 heterocycles. The van der Waals surface area contributed by atoms with E-state index in [1.54, 1.807) is 11.0 Å². The standard InChI is InChI=1S/C55H61Cl2N11O5/c1-35-15-17-40(28-46(35)57)62-66(30-37-16-18-43-39(27-37)31-68(54(43)72)49(14-8-26-69)52(70)59-3)29-36(2)53(71)67-25-24-65(32-41(67)19-21-58)51-44-20-23-64(48-13-6-10-38-9-5-12-45(56)50(38)48)33-47(44)60-55(61-51)73-34-42-11-7-22-63(42)4/h5-6,9-10,12-13,15-18,26-28,41-42,49,62H,2,7-8,11,14,19-20,22-25,29-34H2,1,3-4H3,(H,59,70). The van der Waals surface area contributed by atoms with Crippen molar-refractivity contribution in [2.75, 3.05) is 75.2 Å². The molecule has 9 rings (SSSR count). The van der Waals surface area contributed by atoms with E-state index in [9.17, 15) is 24.4 Å². The largest absolute Gasteiger partial charge is 0.462 e. The van der Waals surface area contributed by atoms with E-state index >= 15 is 0 Å². The molecule has 3 amide bonds. The summed E-state index contributed by atoms with van der Waals surface area (Å²) in [5, 5.41) is 18.1. The minimum atomic E-state index is -0.788. The van der Waals surface area contributed by atoms with Gasteiger partial charge in [-0.1, -0.05) is 72.2 Å². The molecule has 2 fully saturated rings. The smallest absolute Gasteiger partial charge is 0.318 e. The maximum atomic E-state index is 14.7. The first-order valence-electron chi connectivity index (χ1n) is 24.9. The second-order valence-electron chi connectivity index (χ2n) is 19.4. The molecule has 4 aliphatic heterocycles. The van der Waals surface area contributed by atoms with Gasteiger partial charge in [0, 0.05) is 98.1 Å². The Labute approximate surface area is 436 Å². The molecule has 0 saturated carbocycles. The predicted molar refractivity (Wildman–Crippen MR) is 284 cm³/mol. The fraction of sp³-hybridized carbons (Fsp3) is 0.400. The first-order chi connectivity index (χ1) is 35.3. The van der Waals surface area contributed by atoms with Crippen LogP contribution in [-0.2, 0) is 40.4 Å². The van der Waals surface area contributed by atoms with Crippen molar-refractivity contribution in [3.05, 3.63) is 129 Å². The molecule has 4 aromatic carbocycles. The number of aryl methyl sites for hydroxylation is 1. The first-order valence-corrected chi connectivity index (χ1v) is 25.7. The molecule has 18 heteroatoms. The number of nitrogens with one attached hydrogen (secondary N) is 2. The highest BCUT2D eigenvalue weighted by molar-refractivity contribution is 6.36. The Balaban J connectivity index is 0.944. The number of nitriles is 1. The van der Waals surface area contributed by atoms with Gasteiger partial charge in [-0.3, -0.25) is 14.4 Å². The van der Waals surface area contributed by atoms with E-state index in [2.05, 4.69) is 69.4 Å². The molecule has 1 aromatic heterocycles. The fourth-order valence-corrected chi connectivity index (χ4v) is 11.1. The van der Waals surface area contributed by atoms with Crippen LogP contribution in [0.2, 0.25) is 10.0 Å². The number of carbonyl (C=O) groups excluding carboxylic acids is 4. The van der Waals surface area contributed by atoms with Crippen LogP contribution in [0.1, 0.15) is 70.4 Å². The van der Waals surface area contributed by atoms with Crippen LogP contribution in [-0.4, -0.2) is 132 Å². The number of ether oxygens (including phenoxy) is 1. The number of nitrogens with zero attached hydrogens (tertiary/aromatic N) is 9. The molecule has 3 unspecified atom stereocenters. The highest BCUT2D eigenvalue weighted by atomic mass is 35.5. The molecule has 0 aliphatic carbocycles. The molecule has 380 valence electrons. The van der Waals surface area contributed by atoms with E-state index in [4.69, 9.17) is 37.9 Å². The van der Waals surface area contributed by atoms with E-state index in [1.165, 1.54) is 11.9 Å². The van der Waals surface area contributed by atoms with Gasteiger partial charge in [0.1, 0.15) is 24.8 Å². The van der Waals surface area contributed by atoms with Crippen molar-refractivity contribution in [3.63, 3.8) is 0 Å². The molecule has 3 atom stereocenters. The Morgan fingerprint density at radius 3 is 2.58 bits per heavy atom. The van der Waals surface area contributed by atoms with Crippen LogP contribution in [0.15, 0.2) is 84.9 Å². The lowest BCUT2D eigenvalue weighted by atomic mass is 10.0. The average molecular weight is 1030 g/mol. The minimum absolute atomic E-state index is 0.0976. The molecular weight excluding hydrogens is 966 g/mol. The van der Waals surface area contributed by atoms with Crippen LogP contribution in [0.5, 0.6) is 6.01 Å². The number of aromatic nitrogens is 2. The van der Waals surface area contributed by atoms with Crippen LogP contribution in [0, 0.1) is 18.3 Å². The predicted octanol–water partition coefficient (Wildman–Crippen LogP) is 7.35. The van der Waals surface area contributed by atoms with E-state index in [0.29, 0.717) is 85.2 Å². The summed E-state index contributed by atoms with van der Waals surface area (Å²) in [5.41, 5.74) is 10.4. The third kappa shape index (κ3) is 11.1. The SMILES string of the molecule is C=C(CN(Cc1ccc2c(c1)CN(C(CCC=O)C(=O)NC)C2=O)Nc1ccc(C)c(Cl)c1)C(=O)N1CCN(c2nc(OCC3CCCN3C)nc3c2CCN(c2cccc4cccc(Cl)c24)C3)CC1CC#N. The molecule has 16 nitrogen and oxygen atoms in total. The van der Waals surface area contributed by atoms with Gasteiger partial charge in [-0.25, -0.2) is 5.01 Å². The number of aldehydes is 1. The van der Waals surface area contributed by atoms with Crippen LogP contribution in [0.3, 0.4) is 0 Å². The number of hydrogen-bond donors (Lipinski definition) is 2. The summed E-state index contributed by atoms with van der Waals surface area (Å²) in [7, 11) is 3.63. The van der Waals surface area contributed by atoms with Crippen molar-refractivity contribution in [3.8, 4) is 12.1 Å². The Hall–Kier alpha value is -6.77. The molecule has 5 aromatic rings. The molecule has 2 saturated heterocycles. The van der Waals surface area contributed by atoms with E-state index in [-0.39, 0.29) is 56.1 Å². The fourth-order valence-electron chi connectivity index (χ4n) is 10.7. The Kier molecular flexibility index (Phi) is 15.8. The van der Waals surface area contributed by atoms with Crippen molar-refractivity contribution < 1.29 is 23.9 Å². The van der Waals surface area contributed by atoms with Crippen molar-refractivity contribution in [2.24, 2.45) is 0 Å². The summed E-state index contributed by atoms with van der Waals surface area (Å²) < 4.78 is 6.44. The topological polar surface area (TPSA) is 171 Å². The number of halogens is 2. The summed E-state index contributed by atoms with van der Waals surface area (Å²) in [6.07, 6.45) is 4.02. The lowest BCUT2D eigenvalue weighted by molar-refractivity contribution is -0.130. The number of likely N-dealkylation sites (tertiary alicyclic amines) is 1. The lowest BCUT2D eigenvalue weighted by Gasteiger charge is -2.43. The number of carbonyl (C=O) groups is 4. The second-order valence-corrected chi connectivity index (χ2v) is 20.2. The number of anilines is 3. The monoisotopic (exact) mass is 1030 g/mol. The maximum Gasteiger partial charge on any atom is 0.318 e. The van der Waals surface area contributed by atoms with Crippen molar-refractivity contribution in [1.29, 1.82) is 5.26 Å². The number of amides is 3. The Morgan fingerprint density at radius 1 is 1.00 bits per heavy atom. The van der Waals surface area contributed by atoms with Gasteiger partial charge >= 0.3 is 6.01 Å².